The summed E-state index contributed by atoms with van der Waals surface area (Å²) in [7, 11) is 0. The lowest BCUT2D eigenvalue weighted by Gasteiger charge is -2.19. The van der Waals surface area contributed by atoms with E-state index in [4.69, 9.17) is 5.73 Å². The van der Waals surface area contributed by atoms with E-state index < -0.39 is 6.61 Å². The normalized spacial score (nSPS) is 16.5. The monoisotopic (exact) mass is 346 g/mol. The molecule has 1 heterocycles. The van der Waals surface area contributed by atoms with Gasteiger partial charge in [0.05, 0.1) is 11.2 Å². The van der Waals surface area contributed by atoms with Crippen LogP contribution < -0.4 is 10.5 Å². The van der Waals surface area contributed by atoms with Gasteiger partial charge >= 0.3 is 6.61 Å². The molecule has 1 saturated carbocycles. The van der Waals surface area contributed by atoms with Crippen molar-refractivity contribution in [1.29, 1.82) is 0 Å². The highest BCUT2D eigenvalue weighted by molar-refractivity contribution is 7.10. The molecule has 2 N–H and O–H groups in total. The van der Waals surface area contributed by atoms with Crippen molar-refractivity contribution in [2.45, 2.75) is 37.8 Å². The number of halogens is 3. The molecule has 0 aliphatic heterocycles. The molecule has 0 spiro atoms. The van der Waals surface area contributed by atoms with Gasteiger partial charge in [0.1, 0.15) is 10.8 Å². The molecule has 0 radical (unpaired) electrons. The number of benzene rings is 1. The van der Waals surface area contributed by atoms with Gasteiger partial charge in [-0.05, 0) is 37.1 Å². The molecular formula is C15H17ClF2N2OS. The molecule has 1 aromatic carbocycles. The summed E-state index contributed by atoms with van der Waals surface area (Å²) in [6.45, 7) is -2.80. The van der Waals surface area contributed by atoms with Crippen LogP contribution >= 0.6 is 23.7 Å². The summed E-state index contributed by atoms with van der Waals surface area (Å²) in [6.07, 6.45) is 4.23. The van der Waals surface area contributed by atoms with Gasteiger partial charge in [-0.1, -0.05) is 12.8 Å². The zero-order chi connectivity index (χ0) is 14.9. The van der Waals surface area contributed by atoms with Gasteiger partial charge in [0.15, 0.2) is 0 Å². The number of aromatic nitrogens is 1. The van der Waals surface area contributed by atoms with Crippen molar-refractivity contribution in [3.05, 3.63) is 34.7 Å². The fraction of sp³-hybridized carbons (Fsp3) is 0.400. The SMILES string of the molecule is Cl.NC1(c2nc(-c3ccc(OC(F)F)cc3)cs2)CCCC1. The van der Waals surface area contributed by atoms with Crippen LogP contribution in [0, 0.1) is 0 Å². The molecule has 3 nitrogen and oxygen atoms in total. The first-order chi connectivity index (χ1) is 10.1. The van der Waals surface area contributed by atoms with Crippen molar-refractivity contribution < 1.29 is 13.5 Å². The number of nitrogens with zero attached hydrogens (tertiary/aromatic N) is 1. The maximum absolute atomic E-state index is 12.1. The van der Waals surface area contributed by atoms with Gasteiger partial charge in [0.2, 0.25) is 0 Å². The third-order valence-electron chi connectivity index (χ3n) is 3.80. The van der Waals surface area contributed by atoms with Gasteiger partial charge in [0.25, 0.3) is 0 Å². The fourth-order valence-corrected chi connectivity index (χ4v) is 3.66. The molecule has 0 saturated heterocycles. The second-order valence-electron chi connectivity index (χ2n) is 5.30. The highest BCUT2D eigenvalue weighted by Gasteiger charge is 2.34. The molecule has 0 unspecified atom stereocenters. The third-order valence-corrected chi connectivity index (χ3v) is 4.86. The van der Waals surface area contributed by atoms with E-state index in [0.717, 1.165) is 41.9 Å². The molecule has 1 aliphatic rings. The number of thiazole rings is 1. The van der Waals surface area contributed by atoms with Crippen LogP contribution in [0.2, 0.25) is 0 Å². The van der Waals surface area contributed by atoms with E-state index in [-0.39, 0.29) is 23.7 Å². The number of hydrogen-bond donors (Lipinski definition) is 1. The summed E-state index contributed by atoms with van der Waals surface area (Å²) in [5.41, 5.74) is 7.81. The molecule has 1 aliphatic carbocycles. The van der Waals surface area contributed by atoms with Gasteiger partial charge in [-0.2, -0.15) is 8.78 Å². The Morgan fingerprint density at radius 3 is 2.41 bits per heavy atom. The molecule has 22 heavy (non-hydrogen) atoms. The van der Waals surface area contributed by atoms with E-state index in [2.05, 4.69) is 9.72 Å². The summed E-state index contributed by atoms with van der Waals surface area (Å²) < 4.78 is 28.6. The first-order valence-corrected chi connectivity index (χ1v) is 7.75. The maximum Gasteiger partial charge on any atom is 0.387 e. The molecule has 120 valence electrons. The molecule has 1 aromatic heterocycles. The van der Waals surface area contributed by atoms with Crippen LogP contribution in [0.5, 0.6) is 5.75 Å². The van der Waals surface area contributed by atoms with Gasteiger partial charge in [0, 0.05) is 10.9 Å². The number of nitrogens with two attached hydrogens (primary N) is 1. The van der Waals surface area contributed by atoms with Crippen LogP contribution in [0.4, 0.5) is 8.78 Å². The van der Waals surface area contributed by atoms with Crippen molar-refractivity contribution in [3.63, 3.8) is 0 Å². The lowest BCUT2D eigenvalue weighted by molar-refractivity contribution is -0.0498. The maximum atomic E-state index is 12.1. The Labute approximate surface area is 137 Å². The summed E-state index contributed by atoms with van der Waals surface area (Å²) >= 11 is 1.57. The molecular weight excluding hydrogens is 330 g/mol. The van der Waals surface area contributed by atoms with Gasteiger partial charge in [-0.3, -0.25) is 0 Å². The third kappa shape index (κ3) is 3.56. The minimum absolute atomic E-state index is 0. The summed E-state index contributed by atoms with van der Waals surface area (Å²) in [6, 6.07) is 6.51. The van der Waals surface area contributed by atoms with Crippen LogP contribution in [0.25, 0.3) is 11.3 Å². The second kappa shape index (κ2) is 6.89. The molecule has 7 heteroatoms. The van der Waals surface area contributed by atoms with Crippen molar-refractivity contribution in [2.75, 3.05) is 0 Å². The van der Waals surface area contributed by atoms with Crippen LogP contribution in [0.1, 0.15) is 30.7 Å². The van der Waals surface area contributed by atoms with Crippen molar-refractivity contribution in [2.24, 2.45) is 5.73 Å². The Bertz CT molecular complexity index is 612. The number of rotatable bonds is 4. The van der Waals surface area contributed by atoms with Crippen LogP contribution in [-0.2, 0) is 5.54 Å². The lowest BCUT2D eigenvalue weighted by atomic mass is 10.0. The topological polar surface area (TPSA) is 48.1 Å². The minimum atomic E-state index is -2.80. The van der Waals surface area contributed by atoms with Gasteiger partial charge < -0.3 is 10.5 Å². The summed E-state index contributed by atoms with van der Waals surface area (Å²) in [5.74, 6) is 0.148. The van der Waals surface area contributed by atoms with E-state index in [1.807, 2.05) is 5.38 Å². The largest absolute Gasteiger partial charge is 0.435 e. The smallest absolute Gasteiger partial charge is 0.387 e. The Morgan fingerprint density at radius 1 is 1.18 bits per heavy atom. The molecule has 0 amide bonds. The number of alkyl halides is 2. The van der Waals surface area contributed by atoms with E-state index in [9.17, 15) is 8.78 Å². The van der Waals surface area contributed by atoms with E-state index >= 15 is 0 Å². The molecule has 0 bridgehead atoms. The predicted molar refractivity (Wildman–Crippen MR) is 85.8 cm³/mol. The minimum Gasteiger partial charge on any atom is -0.435 e. The van der Waals surface area contributed by atoms with Crippen molar-refractivity contribution in [1.82, 2.24) is 4.98 Å². The lowest BCUT2D eigenvalue weighted by Crippen LogP contribution is -2.32. The number of ether oxygens (including phenoxy) is 1. The fourth-order valence-electron chi connectivity index (χ4n) is 2.66. The second-order valence-corrected chi connectivity index (χ2v) is 6.16. The average Bonchev–Trinajstić information content (AvgIpc) is 3.09. The number of hydrogen-bond acceptors (Lipinski definition) is 4. The molecule has 3 rings (SSSR count). The van der Waals surface area contributed by atoms with Gasteiger partial charge in [-0.25, -0.2) is 4.98 Å². The highest BCUT2D eigenvalue weighted by Crippen LogP contribution is 2.39. The van der Waals surface area contributed by atoms with Crippen molar-refractivity contribution in [3.8, 4) is 17.0 Å². The zero-order valence-electron chi connectivity index (χ0n) is 11.8. The molecule has 0 atom stereocenters. The predicted octanol–water partition coefficient (Wildman–Crippen LogP) is 4.56. The highest BCUT2D eigenvalue weighted by atomic mass is 35.5. The van der Waals surface area contributed by atoms with E-state index in [1.165, 1.54) is 12.1 Å². The van der Waals surface area contributed by atoms with Crippen LogP contribution in [0.3, 0.4) is 0 Å². The first-order valence-electron chi connectivity index (χ1n) is 6.87. The molecule has 2 aromatic rings. The summed E-state index contributed by atoms with van der Waals surface area (Å²) in [5, 5.41) is 2.92. The summed E-state index contributed by atoms with van der Waals surface area (Å²) in [4.78, 5) is 4.63. The Kier molecular flexibility index (Phi) is 5.36. The quantitative estimate of drug-likeness (QED) is 0.882. The van der Waals surface area contributed by atoms with Gasteiger partial charge in [-0.15, -0.1) is 23.7 Å². The molecule has 1 fully saturated rings. The Hall–Kier alpha value is -1.24. The van der Waals surface area contributed by atoms with E-state index in [1.54, 1.807) is 23.5 Å². The standard InChI is InChI=1S/C15H16F2N2OS.ClH/c16-14(17)20-11-5-3-10(4-6-11)12-9-21-13(19-12)15(18)7-1-2-8-15;/h3-6,9,14H,1-2,7-8,18H2;1H. The van der Waals surface area contributed by atoms with Crippen LogP contribution in [-0.4, -0.2) is 11.6 Å². The van der Waals surface area contributed by atoms with Crippen molar-refractivity contribution >= 4 is 23.7 Å². The Morgan fingerprint density at radius 2 is 1.82 bits per heavy atom. The Balaban J connectivity index is 0.00000176. The van der Waals surface area contributed by atoms with E-state index in [0.29, 0.717) is 0 Å². The zero-order valence-corrected chi connectivity index (χ0v) is 13.4. The van der Waals surface area contributed by atoms with Crippen LogP contribution in [0.15, 0.2) is 29.6 Å². The first kappa shape index (κ1) is 17.1. The average molecular weight is 347 g/mol.